The molecule has 0 spiro atoms. The van der Waals surface area contributed by atoms with Gasteiger partial charge in [-0.05, 0) is 78.4 Å². The van der Waals surface area contributed by atoms with Gasteiger partial charge >= 0.3 is 0 Å². The molecule has 0 aliphatic carbocycles. The Kier molecular flexibility index (Phi) is 9.06. The zero-order valence-corrected chi connectivity index (χ0v) is 23.0. The van der Waals surface area contributed by atoms with Crippen LogP contribution in [0.4, 0.5) is 0 Å². The molecule has 1 aliphatic rings. The SMILES string of the molecule is CCCC(Oc1ccc(Cl)cc1)N1CCc2cc(OC)c(OC)cc2C1Cc1ccc(OC)cc1OC. The molecule has 0 saturated carbocycles. The zero-order chi connectivity index (χ0) is 26.4. The van der Waals surface area contributed by atoms with Crippen molar-refractivity contribution >= 4 is 11.6 Å². The molecule has 4 rings (SSSR count). The lowest BCUT2D eigenvalue weighted by Crippen LogP contribution is -2.46. The number of rotatable bonds is 11. The van der Waals surface area contributed by atoms with Gasteiger partial charge in [0.05, 0.1) is 28.4 Å². The van der Waals surface area contributed by atoms with Crippen LogP contribution in [0.1, 0.15) is 42.5 Å². The first-order chi connectivity index (χ1) is 18.0. The van der Waals surface area contributed by atoms with Gasteiger partial charge in [-0.15, -0.1) is 0 Å². The Morgan fingerprint density at radius 2 is 1.51 bits per heavy atom. The van der Waals surface area contributed by atoms with E-state index in [1.54, 1.807) is 28.4 Å². The van der Waals surface area contributed by atoms with Crippen LogP contribution < -0.4 is 23.7 Å². The smallest absolute Gasteiger partial charge is 0.161 e. The lowest BCUT2D eigenvalue weighted by atomic mass is 9.87. The molecular weight excluding hydrogens is 490 g/mol. The van der Waals surface area contributed by atoms with E-state index in [0.29, 0.717) is 5.02 Å². The van der Waals surface area contributed by atoms with Crippen molar-refractivity contribution in [3.05, 3.63) is 76.3 Å². The minimum atomic E-state index is -0.110. The third-order valence-electron chi connectivity index (χ3n) is 6.94. The summed E-state index contributed by atoms with van der Waals surface area (Å²) in [6.07, 6.45) is 3.39. The molecule has 3 aromatic rings. The van der Waals surface area contributed by atoms with Crippen molar-refractivity contribution in [3.63, 3.8) is 0 Å². The molecule has 1 heterocycles. The molecule has 0 saturated heterocycles. The molecule has 6 nitrogen and oxygen atoms in total. The molecule has 7 heteroatoms. The van der Waals surface area contributed by atoms with Crippen molar-refractivity contribution in [1.29, 1.82) is 0 Å². The van der Waals surface area contributed by atoms with Gasteiger partial charge in [0.1, 0.15) is 17.2 Å². The summed E-state index contributed by atoms with van der Waals surface area (Å²) >= 11 is 6.12. The molecule has 2 atom stereocenters. The van der Waals surface area contributed by atoms with Crippen LogP contribution in [-0.2, 0) is 12.8 Å². The molecule has 0 aromatic heterocycles. The van der Waals surface area contributed by atoms with Gasteiger partial charge in [0.2, 0.25) is 0 Å². The van der Waals surface area contributed by atoms with E-state index in [1.165, 1.54) is 11.1 Å². The summed E-state index contributed by atoms with van der Waals surface area (Å²) in [5.41, 5.74) is 3.57. The topological polar surface area (TPSA) is 49.4 Å². The zero-order valence-electron chi connectivity index (χ0n) is 22.3. The third kappa shape index (κ3) is 6.08. The van der Waals surface area contributed by atoms with Gasteiger partial charge in [-0.3, -0.25) is 4.90 Å². The average Bonchev–Trinajstić information content (AvgIpc) is 2.93. The maximum atomic E-state index is 6.59. The molecular formula is C30H36ClNO5. The van der Waals surface area contributed by atoms with Gasteiger partial charge in [0.15, 0.2) is 17.7 Å². The highest BCUT2D eigenvalue weighted by atomic mass is 35.5. The predicted molar refractivity (Wildman–Crippen MR) is 147 cm³/mol. The second-order valence-corrected chi connectivity index (χ2v) is 9.54. The van der Waals surface area contributed by atoms with Crippen LogP contribution >= 0.6 is 11.6 Å². The summed E-state index contributed by atoms with van der Waals surface area (Å²) in [5.74, 6) is 3.85. The fourth-order valence-corrected chi connectivity index (χ4v) is 5.18. The van der Waals surface area contributed by atoms with E-state index in [4.69, 9.17) is 35.3 Å². The first kappa shape index (κ1) is 27.0. The average molecular weight is 526 g/mol. The van der Waals surface area contributed by atoms with E-state index < -0.39 is 0 Å². The van der Waals surface area contributed by atoms with Gasteiger partial charge in [0.25, 0.3) is 0 Å². The van der Waals surface area contributed by atoms with Crippen LogP contribution in [-0.4, -0.2) is 46.1 Å². The van der Waals surface area contributed by atoms with Crippen molar-refractivity contribution in [2.75, 3.05) is 35.0 Å². The predicted octanol–water partition coefficient (Wildman–Crippen LogP) is 6.72. The van der Waals surface area contributed by atoms with Crippen molar-refractivity contribution in [1.82, 2.24) is 4.90 Å². The number of benzene rings is 3. The second kappa shape index (κ2) is 12.4. The number of hydrogen-bond donors (Lipinski definition) is 0. The van der Waals surface area contributed by atoms with Crippen molar-refractivity contribution in [2.45, 2.75) is 44.9 Å². The van der Waals surface area contributed by atoms with Crippen molar-refractivity contribution in [3.8, 4) is 28.7 Å². The Balaban J connectivity index is 1.77. The molecule has 0 radical (unpaired) electrons. The molecule has 0 fully saturated rings. The normalized spacial score (nSPS) is 16.0. The van der Waals surface area contributed by atoms with Crippen LogP contribution in [0.25, 0.3) is 0 Å². The molecule has 3 aromatic carbocycles. The van der Waals surface area contributed by atoms with Gasteiger partial charge in [0, 0.05) is 23.7 Å². The number of methoxy groups -OCH3 is 4. The molecule has 0 bridgehead atoms. The summed E-state index contributed by atoms with van der Waals surface area (Å²) in [6, 6.07) is 17.8. The Morgan fingerprint density at radius 3 is 2.16 bits per heavy atom. The molecule has 198 valence electrons. The van der Waals surface area contributed by atoms with Gasteiger partial charge in [-0.1, -0.05) is 31.0 Å². The Bertz CT molecular complexity index is 1180. The quantitative estimate of drug-likeness (QED) is 0.277. The maximum absolute atomic E-state index is 6.59. The third-order valence-corrected chi connectivity index (χ3v) is 7.19. The van der Waals surface area contributed by atoms with Gasteiger partial charge in [-0.2, -0.15) is 0 Å². The van der Waals surface area contributed by atoms with Gasteiger partial charge in [-0.25, -0.2) is 0 Å². The van der Waals surface area contributed by atoms with E-state index in [1.807, 2.05) is 36.4 Å². The standard InChI is InChI=1S/C30H36ClNO5/c1-6-7-30(37-23-12-9-22(31)10-13-23)32-15-14-20-17-28(35-4)29(36-5)19-25(20)26(32)16-21-8-11-24(33-2)18-27(21)34-3/h8-13,17-19,26,30H,6-7,14-16H2,1-5H3. The molecule has 0 N–H and O–H groups in total. The summed E-state index contributed by atoms with van der Waals surface area (Å²) in [4.78, 5) is 2.47. The number of ether oxygens (including phenoxy) is 5. The van der Waals surface area contributed by atoms with Gasteiger partial charge < -0.3 is 23.7 Å². The highest BCUT2D eigenvalue weighted by molar-refractivity contribution is 6.30. The summed E-state index contributed by atoms with van der Waals surface area (Å²) < 4.78 is 29.1. The van der Waals surface area contributed by atoms with Crippen LogP contribution in [0.15, 0.2) is 54.6 Å². The summed E-state index contributed by atoms with van der Waals surface area (Å²) in [6.45, 7) is 3.04. The lowest BCUT2D eigenvalue weighted by Gasteiger charge is -2.42. The fraction of sp³-hybridized carbons (Fsp3) is 0.400. The maximum Gasteiger partial charge on any atom is 0.161 e. The van der Waals surface area contributed by atoms with Crippen LogP contribution in [0, 0.1) is 0 Å². The fourth-order valence-electron chi connectivity index (χ4n) is 5.06. The lowest BCUT2D eigenvalue weighted by molar-refractivity contribution is -0.0179. The summed E-state index contributed by atoms with van der Waals surface area (Å²) in [5, 5.41) is 0.691. The van der Waals surface area contributed by atoms with Crippen LogP contribution in [0.3, 0.4) is 0 Å². The minimum Gasteiger partial charge on any atom is -0.497 e. The first-order valence-electron chi connectivity index (χ1n) is 12.6. The van der Waals surface area contributed by atoms with E-state index in [2.05, 4.69) is 30.0 Å². The number of fused-ring (bicyclic) bond motifs is 1. The Morgan fingerprint density at radius 1 is 0.838 bits per heavy atom. The number of nitrogens with zero attached hydrogens (tertiary/aromatic N) is 1. The number of halogens is 1. The van der Waals surface area contributed by atoms with E-state index in [-0.39, 0.29) is 12.3 Å². The molecule has 0 amide bonds. The Labute approximate surface area is 225 Å². The highest BCUT2D eigenvalue weighted by Crippen LogP contribution is 2.42. The van der Waals surface area contributed by atoms with Crippen LogP contribution in [0.5, 0.6) is 28.7 Å². The monoisotopic (exact) mass is 525 g/mol. The molecule has 37 heavy (non-hydrogen) atoms. The van der Waals surface area contributed by atoms with E-state index >= 15 is 0 Å². The summed E-state index contributed by atoms with van der Waals surface area (Å²) in [7, 11) is 6.71. The van der Waals surface area contributed by atoms with Crippen molar-refractivity contribution in [2.24, 2.45) is 0 Å². The largest absolute Gasteiger partial charge is 0.497 e. The van der Waals surface area contributed by atoms with Crippen LogP contribution in [0.2, 0.25) is 5.02 Å². The number of hydrogen-bond acceptors (Lipinski definition) is 6. The Hall–Kier alpha value is -3.09. The molecule has 2 unspecified atom stereocenters. The first-order valence-corrected chi connectivity index (χ1v) is 13.0. The molecule has 1 aliphatic heterocycles. The van der Waals surface area contributed by atoms with E-state index in [9.17, 15) is 0 Å². The highest BCUT2D eigenvalue weighted by Gasteiger charge is 2.35. The van der Waals surface area contributed by atoms with E-state index in [0.717, 1.165) is 66.5 Å². The van der Waals surface area contributed by atoms with Crippen molar-refractivity contribution < 1.29 is 23.7 Å². The second-order valence-electron chi connectivity index (χ2n) is 9.11. The minimum absolute atomic E-state index is 0.0368.